The van der Waals surface area contributed by atoms with E-state index in [0.717, 1.165) is 22.5 Å². The number of aryl methyl sites for hydroxylation is 2. The van der Waals surface area contributed by atoms with Crippen LogP contribution in [0.3, 0.4) is 0 Å². The summed E-state index contributed by atoms with van der Waals surface area (Å²) < 4.78 is 22.2. The summed E-state index contributed by atoms with van der Waals surface area (Å²) in [6, 6.07) is 23.9. The van der Waals surface area contributed by atoms with E-state index in [2.05, 4.69) is 53.6 Å². The quantitative estimate of drug-likeness (QED) is 0.117. The van der Waals surface area contributed by atoms with Crippen LogP contribution in [-0.4, -0.2) is 34.2 Å². The van der Waals surface area contributed by atoms with E-state index < -0.39 is 0 Å². The summed E-state index contributed by atoms with van der Waals surface area (Å²) in [4.78, 5) is 16.5. The zero-order valence-electron chi connectivity index (χ0n) is 30.4. The molecule has 0 N–H and O–H groups in total. The summed E-state index contributed by atoms with van der Waals surface area (Å²) in [5.41, 5.74) is 4.70. The molecule has 0 aliphatic heterocycles. The van der Waals surface area contributed by atoms with Crippen molar-refractivity contribution in [2.24, 2.45) is 0 Å². The molecule has 0 spiro atoms. The Hall–Kier alpha value is -6.02. The van der Waals surface area contributed by atoms with Crippen LogP contribution in [-0.2, 0) is 0 Å². The number of terminal acetylenes is 1. The van der Waals surface area contributed by atoms with Gasteiger partial charge in [0.1, 0.15) is 31.8 Å². The molecule has 0 radical (unpaired) electrons. The highest BCUT2D eigenvalue weighted by Gasteiger charge is 2.15. The van der Waals surface area contributed by atoms with Gasteiger partial charge in [-0.15, -0.1) is 6.42 Å². The summed E-state index contributed by atoms with van der Waals surface area (Å²) in [6.07, 6.45) is 8.54. The topological polar surface area (TPSA) is 136 Å². The van der Waals surface area contributed by atoms with Crippen LogP contribution in [0.15, 0.2) is 89.8 Å². The molecule has 10 nitrogen and oxygen atoms in total. The first-order valence-electron chi connectivity index (χ1n) is 16.1. The Balaban J connectivity index is 0.000000215. The third-order valence-electron chi connectivity index (χ3n) is 6.89. The second-order valence-corrected chi connectivity index (χ2v) is 13.6. The average molecular weight is 901 g/mol. The number of nitriles is 2. The average Bonchev–Trinajstić information content (AvgIpc) is 3.19. The molecule has 284 valence electrons. The van der Waals surface area contributed by atoms with Crippen molar-refractivity contribution in [3.8, 4) is 71.1 Å². The van der Waals surface area contributed by atoms with Gasteiger partial charge in [0.2, 0.25) is 11.8 Å². The van der Waals surface area contributed by atoms with Gasteiger partial charge in [0, 0.05) is 57.1 Å². The molecule has 0 saturated carbocycles. The Bertz CT molecular complexity index is 2610. The van der Waals surface area contributed by atoms with E-state index in [0.29, 0.717) is 48.7 Å². The Morgan fingerprint density at radius 3 is 1.58 bits per heavy atom. The minimum absolute atomic E-state index is 0.178. The number of rotatable bonds is 6. The van der Waals surface area contributed by atoms with Crippen molar-refractivity contribution >= 4 is 62.3 Å². The second-order valence-electron chi connectivity index (χ2n) is 11.1. The Morgan fingerprint density at radius 2 is 1.11 bits per heavy atom. The van der Waals surface area contributed by atoms with E-state index in [9.17, 15) is 0 Å². The zero-order chi connectivity index (χ0) is 41.5. The zero-order valence-corrected chi connectivity index (χ0v) is 35.0. The number of ether oxygens (including phenoxy) is 4. The highest BCUT2D eigenvalue weighted by molar-refractivity contribution is 9.10. The fourth-order valence-corrected chi connectivity index (χ4v) is 5.69. The molecule has 0 amide bonds. The number of methoxy groups -OCH3 is 2. The van der Waals surface area contributed by atoms with Crippen LogP contribution in [0.1, 0.15) is 39.3 Å². The summed E-state index contributed by atoms with van der Waals surface area (Å²) in [5, 5.41) is 19.2. The smallest absolute Gasteiger partial charge is 0.237 e. The van der Waals surface area contributed by atoms with Crippen LogP contribution >= 0.6 is 62.3 Å². The molecule has 0 atom stereocenters. The van der Waals surface area contributed by atoms with E-state index >= 15 is 0 Å². The fraction of sp³-hybridized carbons (Fsp3) is 0.0952. The number of aromatic nitrogens is 4. The normalized spacial score (nSPS) is 9.65. The summed E-state index contributed by atoms with van der Waals surface area (Å²) in [6.45, 7) is 3.81. The highest BCUT2D eigenvalue weighted by Crippen LogP contribution is 2.39. The molecule has 57 heavy (non-hydrogen) atoms. The van der Waals surface area contributed by atoms with Crippen molar-refractivity contribution in [2.45, 2.75) is 13.8 Å². The Morgan fingerprint density at radius 1 is 0.614 bits per heavy atom. The Labute approximate surface area is 358 Å². The van der Waals surface area contributed by atoms with Gasteiger partial charge < -0.3 is 18.9 Å². The van der Waals surface area contributed by atoms with Crippen molar-refractivity contribution in [1.29, 1.82) is 10.5 Å². The van der Waals surface area contributed by atoms with Crippen LogP contribution in [0.2, 0.25) is 20.1 Å². The van der Waals surface area contributed by atoms with Gasteiger partial charge in [0.05, 0.1) is 37.5 Å². The lowest BCUT2D eigenvalue weighted by Crippen LogP contribution is -1.96. The lowest BCUT2D eigenvalue weighted by molar-refractivity contribution is 0.391. The predicted octanol–water partition coefficient (Wildman–Crippen LogP) is 11.4. The van der Waals surface area contributed by atoms with E-state index in [4.69, 9.17) is 82.3 Å². The largest absolute Gasteiger partial charge is 0.480 e. The van der Waals surface area contributed by atoms with Crippen LogP contribution in [0, 0.1) is 60.7 Å². The van der Waals surface area contributed by atoms with Crippen molar-refractivity contribution in [3.63, 3.8) is 0 Å². The lowest BCUT2D eigenvalue weighted by Gasteiger charge is -2.11. The van der Waals surface area contributed by atoms with Gasteiger partial charge in [-0.25, -0.2) is 9.97 Å². The summed E-state index contributed by atoms with van der Waals surface area (Å²) in [7, 11) is 2.91. The number of pyridine rings is 4. The first-order chi connectivity index (χ1) is 27.3. The minimum atomic E-state index is 0.178. The minimum Gasteiger partial charge on any atom is -0.480 e. The van der Waals surface area contributed by atoms with Crippen LogP contribution < -0.4 is 18.9 Å². The van der Waals surface area contributed by atoms with Gasteiger partial charge in [-0.05, 0) is 96.4 Å². The Kier molecular flexibility index (Phi) is 16.4. The SMILES string of the molecule is C#Cc1ccnc(C)c1.COc1nc(Br)cc(Oc2cc(Cl)cc(C#N)c2)c1Cl.COc1nc(C#Cc2ccnc(C)c2)cc(Oc2cc(Cl)cc(C#N)c2)c1Cl. The second kappa shape index (κ2) is 21.3. The molecule has 6 aromatic rings. The number of nitrogens with zero attached hydrogens (tertiary/aromatic N) is 6. The first-order valence-corrected chi connectivity index (χ1v) is 18.4. The van der Waals surface area contributed by atoms with Crippen molar-refractivity contribution in [1.82, 2.24) is 19.9 Å². The molecule has 0 bridgehead atoms. The molecule has 2 aromatic carbocycles. The molecule has 0 saturated heterocycles. The van der Waals surface area contributed by atoms with Gasteiger partial charge in [0.15, 0.2) is 11.5 Å². The molecule has 0 aliphatic carbocycles. The number of benzene rings is 2. The number of hydrogen-bond acceptors (Lipinski definition) is 10. The molecular weight excluding hydrogens is 874 g/mol. The van der Waals surface area contributed by atoms with Gasteiger partial charge in [0.25, 0.3) is 0 Å². The summed E-state index contributed by atoms with van der Waals surface area (Å²) >= 11 is 27.6. The standard InChI is InChI=1S/C21H13Cl2N3O2.C13H7BrCl2N2O2.C8H7N/c1-13-7-14(5-6-25-13)3-4-17-11-19(20(23)21(26-17)27-2)28-18-9-15(12-24)8-16(22)10-18;1-19-13-12(16)10(5-11(14)18-13)20-9-3-7(6-17)2-8(15)4-9;1-3-8-4-5-9-7(2)6-8/h5-11H,1-2H3;2-5H,1H3;1,4-6H,2H3. The molecule has 0 unspecified atom stereocenters. The van der Waals surface area contributed by atoms with Crippen LogP contribution in [0.25, 0.3) is 0 Å². The van der Waals surface area contributed by atoms with Crippen molar-refractivity contribution in [2.75, 3.05) is 14.2 Å². The third kappa shape index (κ3) is 13.3. The van der Waals surface area contributed by atoms with Crippen LogP contribution in [0.4, 0.5) is 0 Å². The molecule has 0 aliphatic rings. The maximum Gasteiger partial charge on any atom is 0.237 e. The number of hydrogen-bond donors (Lipinski definition) is 0. The van der Waals surface area contributed by atoms with Gasteiger partial charge in [-0.2, -0.15) is 10.5 Å². The molecule has 4 aromatic heterocycles. The molecular formula is C42H27BrCl4N6O4. The molecule has 4 heterocycles. The van der Waals surface area contributed by atoms with Crippen LogP contribution in [0.5, 0.6) is 34.8 Å². The third-order valence-corrected chi connectivity index (χ3v) is 8.43. The lowest BCUT2D eigenvalue weighted by atomic mass is 10.2. The molecule has 0 fully saturated rings. The highest BCUT2D eigenvalue weighted by atomic mass is 79.9. The van der Waals surface area contributed by atoms with Crippen molar-refractivity contribution < 1.29 is 18.9 Å². The van der Waals surface area contributed by atoms with Gasteiger partial charge in [-0.1, -0.05) is 58.2 Å². The van der Waals surface area contributed by atoms with E-state index in [1.807, 2.05) is 44.2 Å². The summed E-state index contributed by atoms with van der Waals surface area (Å²) in [5.74, 6) is 10.3. The van der Waals surface area contributed by atoms with E-state index in [1.165, 1.54) is 20.3 Å². The number of halogens is 5. The first kappa shape index (κ1) is 43.7. The van der Waals surface area contributed by atoms with Crippen molar-refractivity contribution in [3.05, 3.63) is 149 Å². The van der Waals surface area contributed by atoms with E-state index in [-0.39, 0.29) is 27.6 Å². The maximum atomic E-state index is 9.09. The molecule has 6 rings (SSSR count). The predicted molar refractivity (Wildman–Crippen MR) is 224 cm³/mol. The maximum absolute atomic E-state index is 9.09. The monoisotopic (exact) mass is 898 g/mol. The van der Waals surface area contributed by atoms with E-state index in [1.54, 1.807) is 60.9 Å². The fourth-order valence-electron chi connectivity index (χ4n) is 4.44. The molecule has 15 heteroatoms. The van der Waals surface area contributed by atoms with Gasteiger partial charge >= 0.3 is 0 Å². The van der Waals surface area contributed by atoms with Gasteiger partial charge in [-0.3, -0.25) is 9.97 Å².